The zero-order valence-electron chi connectivity index (χ0n) is 12.1. The van der Waals surface area contributed by atoms with Gasteiger partial charge in [0.25, 0.3) is 0 Å². The number of ether oxygens (including phenoxy) is 2. The second-order valence-electron chi connectivity index (χ2n) is 6.63. The van der Waals surface area contributed by atoms with E-state index < -0.39 is 11.7 Å². The van der Waals surface area contributed by atoms with Crippen LogP contribution in [0.25, 0.3) is 0 Å². The predicted octanol–water partition coefficient (Wildman–Crippen LogP) is 2.25. The lowest BCUT2D eigenvalue weighted by Crippen LogP contribution is -2.51. The van der Waals surface area contributed by atoms with Crippen LogP contribution in [0.15, 0.2) is 23.8 Å². The second kappa shape index (κ2) is 4.29. The number of methoxy groups -OCH3 is 1. The van der Waals surface area contributed by atoms with Crippen LogP contribution < -0.4 is 0 Å². The van der Waals surface area contributed by atoms with Crippen molar-refractivity contribution in [1.29, 1.82) is 0 Å². The molecule has 0 saturated carbocycles. The number of carbonyl (C=O) groups is 2. The number of hydrogen-bond acceptors (Lipinski definition) is 4. The van der Waals surface area contributed by atoms with Gasteiger partial charge in [0.15, 0.2) is 0 Å². The van der Waals surface area contributed by atoms with Gasteiger partial charge >= 0.3 is 5.97 Å². The van der Waals surface area contributed by atoms with Crippen molar-refractivity contribution in [2.45, 2.75) is 33.0 Å². The van der Waals surface area contributed by atoms with Crippen molar-refractivity contribution in [2.75, 3.05) is 7.11 Å². The van der Waals surface area contributed by atoms with Crippen molar-refractivity contribution in [2.24, 2.45) is 22.7 Å². The lowest BCUT2D eigenvalue weighted by Gasteiger charge is -2.49. The molecule has 2 aliphatic carbocycles. The summed E-state index contributed by atoms with van der Waals surface area (Å²) in [6.45, 7) is 4.35. The minimum Gasteiger partial charge on any atom is -0.434 e. The minimum atomic E-state index is -0.743. The van der Waals surface area contributed by atoms with Crippen LogP contribution >= 0.6 is 0 Å². The summed E-state index contributed by atoms with van der Waals surface area (Å²) in [6.07, 6.45) is 7.80. The number of hydrogen-bond donors (Lipinski definition) is 0. The molecule has 1 fully saturated rings. The standard InChI is InChI=1S/C16H20O4/c1-15(2)7-4-8-16-11(15)6-5-10(9-17)12(16)13(19-3)20-14(16)18/h4-5,8-9,11-13H,6-7H2,1-3H3/t11-,12+,13-,16?/m0/s1. The molecule has 108 valence electrons. The first-order valence-corrected chi connectivity index (χ1v) is 7.04. The van der Waals surface area contributed by atoms with Gasteiger partial charge in [-0.05, 0) is 29.7 Å². The molecule has 1 heterocycles. The fourth-order valence-electron chi connectivity index (χ4n) is 4.25. The van der Waals surface area contributed by atoms with Gasteiger partial charge < -0.3 is 9.47 Å². The maximum absolute atomic E-state index is 12.6. The van der Waals surface area contributed by atoms with Crippen molar-refractivity contribution >= 4 is 12.3 Å². The van der Waals surface area contributed by atoms with E-state index in [2.05, 4.69) is 19.9 Å². The van der Waals surface area contributed by atoms with Crippen LogP contribution in [0.3, 0.4) is 0 Å². The van der Waals surface area contributed by atoms with E-state index in [1.54, 1.807) is 0 Å². The van der Waals surface area contributed by atoms with E-state index >= 15 is 0 Å². The van der Waals surface area contributed by atoms with E-state index in [0.29, 0.717) is 5.57 Å². The van der Waals surface area contributed by atoms with Gasteiger partial charge in [0, 0.05) is 7.11 Å². The smallest absolute Gasteiger partial charge is 0.319 e. The molecular weight excluding hydrogens is 256 g/mol. The van der Waals surface area contributed by atoms with Crippen LogP contribution in [0.5, 0.6) is 0 Å². The zero-order valence-corrected chi connectivity index (χ0v) is 12.1. The maximum atomic E-state index is 12.6. The molecule has 3 aliphatic rings. The Balaban J connectivity index is 2.19. The predicted molar refractivity (Wildman–Crippen MR) is 72.6 cm³/mol. The van der Waals surface area contributed by atoms with E-state index in [0.717, 1.165) is 19.1 Å². The van der Waals surface area contributed by atoms with E-state index in [4.69, 9.17) is 9.47 Å². The molecule has 20 heavy (non-hydrogen) atoms. The molecule has 1 aliphatic heterocycles. The van der Waals surface area contributed by atoms with Crippen LogP contribution in [0.4, 0.5) is 0 Å². The van der Waals surface area contributed by atoms with Crippen LogP contribution in [-0.4, -0.2) is 25.7 Å². The number of carbonyl (C=O) groups excluding carboxylic acids is 2. The Bertz CT molecular complexity index is 517. The quantitative estimate of drug-likeness (QED) is 0.441. The third-order valence-electron chi connectivity index (χ3n) is 5.24. The zero-order chi connectivity index (χ0) is 14.5. The van der Waals surface area contributed by atoms with Crippen LogP contribution in [0.2, 0.25) is 0 Å². The van der Waals surface area contributed by atoms with Crippen molar-refractivity contribution < 1.29 is 19.1 Å². The highest BCUT2D eigenvalue weighted by atomic mass is 16.7. The number of esters is 1. The fourth-order valence-corrected chi connectivity index (χ4v) is 4.25. The molecular formula is C16H20O4. The van der Waals surface area contributed by atoms with Gasteiger partial charge in [-0.1, -0.05) is 32.1 Å². The maximum Gasteiger partial charge on any atom is 0.319 e. The lowest BCUT2D eigenvalue weighted by atomic mass is 9.51. The normalized spacial score (nSPS) is 41.5. The molecule has 0 aromatic heterocycles. The van der Waals surface area contributed by atoms with Gasteiger partial charge in [-0.2, -0.15) is 0 Å². The molecule has 1 unspecified atom stereocenters. The topological polar surface area (TPSA) is 52.6 Å². The van der Waals surface area contributed by atoms with Gasteiger partial charge in [-0.25, -0.2) is 0 Å². The average Bonchev–Trinajstić information content (AvgIpc) is 2.70. The third kappa shape index (κ3) is 1.51. The molecule has 0 aromatic rings. The van der Waals surface area contributed by atoms with Crippen LogP contribution in [-0.2, 0) is 19.1 Å². The van der Waals surface area contributed by atoms with Crippen molar-refractivity contribution in [1.82, 2.24) is 0 Å². The SMILES string of the molecule is CO[C@H]1OC(=O)C23C=CCC(C)(C)[C@@H]2CC=C(C=O)[C@H]13. The Kier molecular flexibility index (Phi) is 2.91. The van der Waals surface area contributed by atoms with Crippen LogP contribution in [0, 0.1) is 22.7 Å². The number of rotatable bonds is 2. The molecule has 3 rings (SSSR count). The summed E-state index contributed by atoms with van der Waals surface area (Å²) >= 11 is 0. The van der Waals surface area contributed by atoms with Gasteiger partial charge in [-0.15, -0.1) is 0 Å². The first kappa shape index (κ1) is 13.6. The Morgan fingerprint density at radius 2 is 2.20 bits per heavy atom. The fraction of sp³-hybridized carbons (Fsp3) is 0.625. The molecule has 1 spiro atoms. The summed E-state index contributed by atoms with van der Waals surface area (Å²) in [6, 6.07) is 0. The highest BCUT2D eigenvalue weighted by Crippen LogP contribution is 2.61. The first-order valence-electron chi connectivity index (χ1n) is 7.04. The van der Waals surface area contributed by atoms with Crippen LogP contribution in [0.1, 0.15) is 26.7 Å². The highest BCUT2D eigenvalue weighted by Gasteiger charge is 2.65. The van der Waals surface area contributed by atoms with Crippen molar-refractivity contribution in [3.05, 3.63) is 23.8 Å². The van der Waals surface area contributed by atoms with E-state index in [1.807, 2.05) is 12.2 Å². The molecule has 0 amide bonds. The molecule has 4 heteroatoms. The summed E-state index contributed by atoms with van der Waals surface area (Å²) in [5.74, 6) is -0.441. The summed E-state index contributed by atoms with van der Waals surface area (Å²) in [5, 5.41) is 0. The van der Waals surface area contributed by atoms with Gasteiger partial charge in [0.05, 0.1) is 5.92 Å². The van der Waals surface area contributed by atoms with E-state index in [-0.39, 0.29) is 23.2 Å². The van der Waals surface area contributed by atoms with Gasteiger partial charge in [0.1, 0.15) is 11.7 Å². The molecule has 0 bridgehead atoms. The molecule has 4 atom stereocenters. The molecule has 1 saturated heterocycles. The number of allylic oxidation sites excluding steroid dienone is 2. The van der Waals surface area contributed by atoms with Gasteiger partial charge in [0.2, 0.25) is 6.29 Å². The summed E-state index contributed by atoms with van der Waals surface area (Å²) < 4.78 is 10.7. The summed E-state index contributed by atoms with van der Waals surface area (Å²) in [4.78, 5) is 24.0. The monoisotopic (exact) mass is 276 g/mol. The lowest BCUT2D eigenvalue weighted by molar-refractivity contribution is -0.163. The first-order chi connectivity index (χ1) is 9.47. The Hall–Kier alpha value is -1.42. The Labute approximate surface area is 118 Å². The number of aldehydes is 1. The molecule has 4 nitrogen and oxygen atoms in total. The van der Waals surface area contributed by atoms with E-state index in [1.165, 1.54) is 7.11 Å². The minimum absolute atomic E-state index is 0.000431. The summed E-state index contributed by atoms with van der Waals surface area (Å²) in [5.41, 5.74) is -0.117. The largest absolute Gasteiger partial charge is 0.434 e. The molecule has 0 N–H and O–H groups in total. The number of cyclic esters (lactones) is 1. The highest BCUT2D eigenvalue weighted by molar-refractivity contribution is 5.88. The van der Waals surface area contributed by atoms with E-state index in [9.17, 15) is 9.59 Å². The summed E-state index contributed by atoms with van der Waals surface area (Å²) in [7, 11) is 1.51. The molecule has 0 radical (unpaired) electrons. The third-order valence-corrected chi connectivity index (χ3v) is 5.24. The average molecular weight is 276 g/mol. The Morgan fingerprint density at radius 1 is 1.45 bits per heavy atom. The second-order valence-corrected chi connectivity index (χ2v) is 6.63. The molecule has 0 aromatic carbocycles. The van der Waals surface area contributed by atoms with Gasteiger partial charge in [-0.3, -0.25) is 9.59 Å². The van der Waals surface area contributed by atoms with Crippen molar-refractivity contribution in [3.8, 4) is 0 Å². The Morgan fingerprint density at radius 3 is 2.85 bits per heavy atom. The van der Waals surface area contributed by atoms with Crippen molar-refractivity contribution in [3.63, 3.8) is 0 Å².